The number of nitrogens with zero attached hydrogens (tertiary/aromatic N) is 1. The quantitative estimate of drug-likeness (QED) is 0.395. The molecule has 1 heterocycles. The van der Waals surface area contributed by atoms with E-state index in [1.807, 2.05) is 23.1 Å². The molecule has 0 spiro atoms. The molecule has 226 valence electrons. The number of hydrogen-bond acceptors (Lipinski definition) is 7. The summed E-state index contributed by atoms with van der Waals surface area (Å²) in [6, 6.07) is 17.0. The van der Waals surface area contributed by atoms with Crippen molar-refractivity contribution in [1.82, 2.24) is 10.2 Å². The number of ether oxygens (including phenoxy) is 3. The third-order valence-corrected chi connectivity index (χ3v) is 8.46. The van der Waals surface area contributed by atoms with Crippen molar-refractivity contribution in [3.05, 3.63) is 81.5 Å². The van der Waals surface area contributed by atoms with Gasteiger partial charge in [-0.25, -0.2) is 0 Å². The number of piperidine rings is 1. The molecule has 1 atom stereocenters. The van der Waals surface area contributed by atoms with E-state index in [4.69, 9.17) is 14.2 Å². The Bertz CT molecular complexity index is 1550. The zero-order chi connectivity index (χ0) is 30.5. The van der Waals surface area contributed by atoms with Crippen LogP contribution in [0.1, 0.15) is 54.8 Å². The van der Waals surface area contributed by atoms with Gasteiger partial charge in [0, 0.05) is 25.6 Å². The molecule has 0 bridgehead atoms. The third-order valence-electron chi connectivity index (χ3n) is 8.46. The Morgan fingerprint density at radius 1 is 0.907 bits per heavy atom. The van der Waals surface area contributed by atoms with Crippen LogP contribution in [0.5, 0.6) is 17.2 Å². The second-order valence-corrected chi connectivity index (χ2v) is 11.0. The molecule has 0 saturated carbocycles. The van der Waals surface area contributed by atoms with Gasteiger partial charge in [-0.1, -0.05) is 36.4 Å². The summed E-state index contributed by atoms with van der Waals surface area (Å²) in [5, 5.41) is 6.11. The van der Waals surface area contributed by atoms with Crippen molar-refractivity contribution in [1.29, 1.82) is 0 Å². The average Bonchev–Trinajstić information content (AvgIpc) is 3.27. The van der Waals surface area contributed by atoms with Gasteiger partial charge in [-0.3, -0.25) is 14.4 Å². The lowest BCUT2D eigenvalue weighted by Gasteiger charge is -2.32. The molecule has 0 radical (unpaired) electrons. The molecule has 3 aromatic rings. The van der Waals surface area contributed by atoms with Crippen molar-refractivity contribution in [3.8, 4) is 28.4 Å². The number of aryl methyl sites for hydroxylation is 1. The summed E-state index contributed by atoms with van der Waals surface area (Å²) in [6.45, 7) is 2.84. The van der Waals surface area contributed by atoms with Crippen LogP contribution in [-0.2, 0) is 16.0 Å². The number of nitrogens with one attached hydrogen (secondary N) is 2. The lowest BCUT2D eigenvalue weighted by Crippen LogP contribution is -2.41. The van der Waals surface area contributed by atoms with Crippen molar-refractivity contribution >= 4 is 17.5 Å². The predicted molar refractivity (Wildman–Crippen MR) is 166 cm³/mol. The van der Waals surface area contributed by atoms with E-state index in [1.54, 1.807) is 33.5 Å². The molecule has 9 heteroatoms. The van der Waals surface area contributed by atoms with Crippen molar-refractivity contribution in [2.24, 2.45) is 0 Å². The van der Waals surface area contributed by atoms with Crippen LogP contribution < -0.4 is 30.3 Å². The van der Waals surface area contributed by atoms with Gasteiger partial charge in [0.25, 0.3) is 0 Å². The number of hydrogen-bond donors (Lipinski definition) is 2. The lowest BCUT2D eigenvalue weighted by molar-refractivity contribution is -0.130. The van der Waals surface area contributed by atoms with Crippen molar-refractivity contribution in [2.75, 3.05) is 46.3 Å². The van der Waals surface area contributed by atoms with Gasteiger partial charge in [0.1, 0.15) is 0 Å². The van der Waals surface area contributed by atoms with Gasteiger partial charge < -0.3 is 29.7 Å². The molecule has 1 fully saturated rings. The smallest absolute Gasteiger partial charge is 0.241 e. The molecule has 0 unspecified atom stereocenters. The molecule has 2 amide bonds. The number of fused-ring (bicyclic) bond motifs is 3. The van der Waals surface area contributed by atoms with Gasteiger partial charge in [0.2, 0.25) is 23.0 Å². The molecular formula is C34H39N3O6. The standard InChI is InChI=1S/C34H39N3O6/c1-21(38)36-27-12-10-24-18-30(41-2)33(42-3)34(43-4)32(24)25-11-13-28(29(39)19-26(25)27)35-20-31(40)37-16-14-23(15-17-37)22-8-6-5-7-9-22/h5-9,11,13,18-19,23,27H,10,12,14-17,20H2,1-4H3,(H,35,39)(H,36,38)/t27-/m0/s1. The van der Waals surface area contributed by atoms with Gasteiger partial charge in [-0.2, -0.15) is 0 Å². The maximum absolute atomic E-state index is 13.5. The highest BCUT2D eigenvalue weighted by Gasteiger charge is 2.30. The van der Waals surface area contributed by atoms with E-state index in [1.165, 1.54) is 12.5 Å². The van der Waals surface area contributed by atoms with E-state index >= 15 is 0 Å². The van der Waals surface area contributed by atoms with Crippen LogP contribution in [0.4, 0.5) is 5.69 Å². The number of methoxy groups -OCH3 is 3. The molecule has 5 rings (SSSR count). The molecule has 1 saturated heterocycles. The molecule has 2 aliphatic rings. The molecule has 1 aliphatic heterocycles. The first kappa shape index (κ1) is 29.9. The molecule has 43 heavy (non-hydrogen) atoms. The zero-order valence-electron chi connectivity index (χ0n) is 25.2. The van der Waals surface area contributed by atoms with E-state index in [0.717, 1.165) is 29.5 Å². The highest BCUT2D eigenvalue weighted by atomic mass is 16.5. The Balaban J connectivity index is 1.43. The molecule has 2 N–H and O–H groups in total. The lowest BCUT2D eigenvalue weighted by atomic mass is 9.89. The second kappa shape index (κ2) is 13.2. The summed E-state index contributed by atoms with van der Waals surface area (Å²) >= 11 is 0. The van der Waals surface area contributed by atoms with Crippen LogP contribution in [0.15, 0.2) is 59.4 Å². The fourth-order valence-corrected chi connectivity index (χ4v) is 6.32. The summed E-state index contributed by atoms with van der Waals surface area (Å²) in [6.07, 6.45) is 3.01. The number of carbonyl (C=O) groups excluding carboxylic acids is 2. The van der Waals surface area contributed by atoms with Crippen LogP contribution in [0, 0.1) is 0 Å². The van der Waals surface area contributed by atoms with Crippen molar-refractivity contribution in [3.63, 3.8) is 0 Å². The Kier molecular flexibility index (Phi) is 9.19. The number of carbonyl (C=O) groups is 2. The van der Waals surface area contributed by atoms with Gasteiger partial charge in [0.05, 0.1) is 39.6 Å². The SMILES string of the molecule is COc1cc2c(c(OC)c1OC)-c1ccc(NCC(=O)N3CCC(c4ccccc4)CC3)c(=O)cc1[C@@H](NC(C)=O)CC2. The largest absolute Gasteiger partial charge is 0.493 e. The first-order valence-electron chi connectivity index (χ1n) is 14.7. The number of amides is 2. The molecule has 9 nitrogen and oxygen atoms in total. The van der Waals surface area contributed by atoms with E-state index in [9.17, 15) is 14.4 Å². The highest BCUT2D eigenvalue weighted by molar-refractivity contribution is 5.84. The molecular weight excluding hydrogens is 546 g/mol. The number of anilines is 1. The minimum absolute atomic E-state index is 0.0139. The predicted octanol–water partition coefficient (Wildman–Crippen LogP) is 4.68. The zero-order valence-corrected chi connectivity index (χ0v) is 25.2. The fraction of sp³-hybridized carbons (Fsp3) is 0.382. The van der Waals surface area contributed by atoms with E-state index in [2.05, 4.69) is 34.9 Å². The van der Waals surface area contributed by atoms with Crippen LogP contribution in [0.2, 0.25) is 0 Å². The monoisotopic (exact) mass is 585 g/mol. The minimum atomic E-state index is -0.401. The van der Waals surface area contributed by atoms with Crippen LogP contribution in [-0.4, -0.2) is 57.7 Å². The summed E-state index contributed by atoms with van der Waals surface area (Å²) in [5.74, 6) is 1.69. The molecule has 3 aromatic carbocycles. The molecule has 0 aromatic heterocycles. The number of likely N-dealkylation sites (tertiary alicyclic amines) is 1. The highest BCUT2D eigenvalue weighted by Crippen LogP contribution is 2.50. The van der Waals surface area contributed by atoms with E-state index in [-0.39, 0.29) is 23.8 Å². The maximum atomic E-state index is 13.5. The summed E-state index contributed by atoms with van der Waals surface area (Å²) in [5.41, 5.74) is 4.49. The Hall–Kier alpha value is -4.53. The van der Waals surface area contributed by atoms with Gasteiger partial charge in [-0.05, 0) is 72.1 Å². The molecule has 1 aliphatic carbocycles. The first-order valence-corrected chi connectivity index (χ1v) is 14.7. The normalized spacial score (nSPS) is 16.3. The Labute approximate surface area is 252 Å². The van der Waals surface area contributed by atoms with E-state index < -0.39 is 6.04 Å². The Morgan fingerprint density at radius 3 is 2.28 bits per heavy atom. The topological polar surface area (TPSA) is 106 Å². The summed E-state index contributed by atoms with van der Waals surface area (Å²) in [7, 11) is 4.69. The minimum Gasteiger partial charge on any atom is -0.493 e. The summed E-state index contributed by atoms with van der Waals surface area (Å²) in [4.78, 5) is 40.7. The third kappa shape index (κ3) is 6.30. The van der Waals surface area contributed by atoms with Gasteiger partial charge >= 0.3 is 0 Å². The maximum Gasteiger partial charge on any atom is 0.241 e. The number of rotatable bonds is 8. The van der Waals surface area contributed by atoms with Crippen LogP contribution >= 0.6 is 0 Å². The van der Waals surface area contributed by atoms with Crippen molar-refractivity contribution in [2.45, 2.75) is 44.6 Å². The van der Waals surface area contributed by atoms with Crippen LogP contribution in [0.25, 0.3) is 11.1 Å². The Morgan fingerprint density at radius 2 is 1.63 bits per heavy atom. The first-order chi connectivity index (χ1) is 20.8. The average molecular weight is 586 g/mol. The second-order valence-electron chi connectivity index (χ2n) is 11.0. The van der Waals surface area contributed by atoms with Gasteiger partial charge in [-0.15, -0.1) is 0 Å². The number of benzene rings is 2. The summed E-state index contributed by atoms with van der Waals surface area (Å²) < 4.78 is 17.1. The van der Waals surface area contributed by atoms with Crippen LogP contribution in [0.3, 0.4) is 0 Å². The fourth-order valence-electron chi connectivity index (χ4n) is 6.32. The van der Waals surface area contributed by atoms with E-state index in [0.29, 0.717) is 60.3 Å². The van der Waals surface area contributed by atoms with Crippen molar-refractivity contribution < 1.29 is 23.8 Å². The van der Waals surface area contributed by atoms with Gasteiger partial charge in [0.15, 0.2) is 11.5 Å².